The van der Waals surface area contributed by atoms with Gasteiger partial charge < -0.3 is 9.72 Å². The van der Waals surface area contributed by atoms with Crippen LogP contribution in [0.3, 0.4) is 0 Å². The van der Waals surface area contributed by atoms with Crippen LogP contribution >= 0.6 is 0 Å². The first kappa shape index (κ1) is 15.6. The van der Waals surface area contributed by atoms with Gasteiger partial charge in [-0.3, -0.25) is 4.68 Å². The molecule has 0 aliphatic heterocycles. The van der Waals surface area contributed by atoms with Crippen LogP contribution in [0, 0.1) is 0 Å². The maximum absolute atomic E-state index is 5.38. The average molecular weight is 359 g/mol. The molecule has 0 spiro atoms. The summed E-state index contributed by atoms with van der Waals surface area (Å²) in [5.74, 6) is 0. The number of hydrogen-bond acceptors (Lipinski definition) is 5. The first-order valence-corrected chi connectivity index (χ1v) is 8.66. The van der Waals surface area contributed by atoms with E-state index in [-0.39, 0.29) is 0 Å². The largest absolute Gasteiger partial charge is 0.464 e. The van der Waals surface area contributed by atoms with Gasteiger partial charge in [0.05, 0.1) is 24.5 Å². The summed E-state index contributed by atoms with van der Waals surface area (Å²) >= 11 is 0. The molecule has 0 aromatic carbocycles. The molecule has 0 fully saturated rings. The third-order valence-electron chi connectivity index (χ3n) is 4.53. The van der Waals surface area contributed by atoms with Gasteiger partial charge in [0, 0.05) is 53.9 Å². The molecule has 0 radical (unpaired) electrons. The second-order valence-electron chi connectivity index (χ2n) is 6.26. The molecule has 0 bridgehead atoms. The molecule has 5 rings (SSSR count). The van der Waals surface area contributed by atoms with E-state index in [2.05, 4.69) is 31.2 Å². The number of aromatic amines is 1. The van der Waals surface area contributed by atoms with Gasteiger partial charge in [-0.1, -0.05) is 0 Å². The van der Waals surface area contributed by atoms with Crippen LogP contribution < -0.4 is 4.74 Å². The van der Waals surface area contributed by atoms with Crippen molar-refractivity contribution in [2.75, 3.05) is 6.61 Å². The Labute approximate surface area is 154 Å². The first-order chi connectivity index (χ1) is 13.2. The Morgan fingerprint density at radius 1 is 1.11 bits per heavy atom. The van der Waals surface area contributed by atoms with Gasteiger partial charge in [0.25, 0.3) is 0 Å². The molecule has 5 heterocycles. The number of ether oxygens (including phenoxy) is 1. The SMILES string of the molecule is CCOc1ncc2c(-c3ccn4ncc(-c5cnn(C)c5)c4c3)c[nH]c2n1. The van der Waals surface area contributed by atoms with Crippen molar-refractivity contribution >= 4 is 16.6 Å². The zero-order valence-corrected chi connectivity index (χ0v) is 14.9. The highest BCUT2D eigenvalue weighted by atomic mass is 16.5. The quantitative estimate of drug-likeness (QED) is 0.533. The zero-order chi connectivity index (χ0) is 18.4. The number of nitrogens with one attached hydrogen (secondary N) is 1. The van der Waals surface area contributed by atoms with E-state index < -0.39 is 0 Å². The molecule has 8 nitrogen and oxygen atoms in total. The topological polar surface area (TPSA) is 85.9 Å². The number of fused-ring (bicyclic) bond motifs is 2. The van der Waals surface area contributed by atoms with E-state index in [1.807, 2.05) is 55.5 Å². The molecular formula is C19H17N7O. The van der Waals surface area contributed by atoms with Gasteiger partial charge in [-0.25, -0.2) is 9.50 Å². The van der Waals surface area contributed by atoms with Crippen LogP contribution in [0.5, 0.6) is 6.01 Å². The van der Waals surface area contributed by atoms with Crippen LogP contribution in [0.2, 0.25) is 0 Å². The molecule has 0 aliphatic rings. The minimum absolute atomic E-state index is 0.378. The molecular weight excluding hydrogens is 342 g/mol. The van der Waals surface area contributed by atoms with Gasteiger partial charge in [-0.05, 0) is 24.6 Å². The summed E-state index contributed by atoms with van der Waals surface area (Å²) in [4.78, 5) is 11.9. The van der Waals surface area contributed by atoms with E-state index in [0.29, 0.717) is 12.6 Å². The van der Waals surface area contributed by atoms with E-state index in [0.717, 1.165) is 38.8 Å². The molecule has 0 aliphatic carbocycles. The van der Waals surface area contributed by atoms with Gasteiger partial charge in [-0.15, -0.1) is 0 Å². The van der Waals surface area contributed by atoms with Crippen molar-refractivity contribution in [3.05, 3.63) is 49.3 Å². The molecule has 5 aromatic heterocycles. The Bertz CT molecular complexity index is 1260. The lowest BCUT2D eigenvalue weighted by Gasteiger charge is -2.03. The van der Waals surface area contributed by atoms with Crippen molar-refractivity contribution in [1.29, 1.82) is 0 Å². The summed E-state index contributed by atoms with van der Waals surface area (Å²) in [6.07, 6.45) is 11.4. The molecule has 5 aromatic rings. The maximum Gasteiger partial charge on any atom is 0.318 e. The molecule has 134 valence electrons. The number of aromatic nitrogens is 7. The molecule has 0 saturated carbocycles. The minimum Gasteiger partial charge on any atom is -0.464 e. The fourth-order valence-electron chi connectivity index (χ4n) is 3.26. The van der Waals surface area contributed by atoms with E-state index >= 15 is 0 Å². The summed E-state index contributed by atoms with van der Waals surface area (Å²) in [7, 11) is 1.91. The predicted molar refractivity (Wildman–Crippen MR) is 101 cm³/mol. The van der Waals surface area contributed by atoms with E-state index in [1.165, 1.54) is 0 Å². The average Bonchev–Trinajstić information content (AvgIpc) is 3.38. The van der Waals surface area contributed by atoms with Crippen LogP contribution in [0.15, 0.2) is 49.3 Å². The highest BCUT2D eigenvalue weighted by Gasteiger charge is 2.13. The number of aryl methyl sites for hydroxylation is 1. The molecule has 0 amide bonds. The molecule has 27 heavy (non-hydrogen) atoms. The van der Waals surface area contributed by atoms with Crippen molar-refractivity contribution < 1.29 is 4.74 Å². The Kier molecular flexibility index (Phi) is 3.43. The summed E-state index contributed by atoms with van der Waals surface area (Å²) in [5.41, 5.74) is 5.94. The predicted octanol–water partition coefficient (Wildman–Crippen LogP) is 3.07. The monoisotopic (exact) mass is 359 g/mol. The van der Waals surface area contributed by atoms with Gasteiger partial charge >= 0.3 is 6.01 Å². The van der Waals surface area contributed by atoms with Gasteiger partial charge in [-0.2, -0.15) is 15.2 Å². The first-order valence-electron chi connectivity index (χ1n) is 8.66. The van der Waals surface area contributed by atoms with Gasteiger partial charge in [0.15, 0.2) is 0 Å². The fraction of sp³-hybridized carbons (Fsp3) is 0.158. The number of nitrogens with zero attached hydrogens (tertiary/aromatic N) is 6. The molecule has 0 unspecified atom stereocenters. The third kappa shape index (κ3) is 2.53. The van der Waals surface area contributed by atoms with Crippen molar-refractivity contribution in [3.63, 3.8) is 0 Å². The minimum atomic E-state index is 0.378. The van der Waals surface area contributed by atoms with Crippen LogP contribution in [-0.4, -0.2) is 41.0 Å². The smallest absolute Gasteiger partial charge is 0.318 e. The van der Waals surface area contributed by atoms with E-state index in [1.54, 1.807) is 10.9 Å². The summed E-state index contributed by atoms with van der Waals surface area (Å²) in [6, 6.07) is 4.53. The standard InChI is InChI=1S/C19H17N7O/c1-3-27-19-21-9-16-14(8-20-18(16)24-19)12-4-5-26-17(6-12)15(10-23-26)13-7-22-25(2)11-13/h4-11H,3H2,1-2H3,(H,20,21,24). The molecule has 0 atom stereocenters. The lowest BCUT2D eigenvalue weighted by atomic mass is 10.1. The highest BCUT2D eigenvalue weighted by molar-refractivity contribution is 5.94. The van der Waals surface area contributed by atoms with Crippen LogP contribution in [-0.2, 0) is 7.05 Å². The molecule has 0 saturated heterocycles. The number of rotatable bonds is 4. The van der Waals surface area contributed by atoms with Crippen LogP contribution in [0.4, 0.5) is 0 Å². The fourth-order valence-corrected chi connectivity index (χ4v) is 3.26. The van der Waals surface area contributed by atoms with Crippen molar-refractivity contribution in [2.45, 2.75) is 6.92 Å². The normalized spacial score (nSPS) is 11.5. The van der Waals surface area contributed by atoms with Gasteiger partial charge in [0.1, 0.15) is 5.65 Å². The van der Waals surface area contributed by atoms with E-state index in [4.69, 9.17) is 4.74 Å². The van der Waals surface area contributed by atoms with Crippen molar-refractivity contribution in [1.82, 2.24) is 34.3 Å². The number of pyridine rings is 1. The van der Waals surface area contributed by atoms with Crippen LogP contribution in [0.25, 0.3) is 38.8 Å². The molecule has 8 heteroatoms. The Morgan fingerprint density at radius 2 is 2.04 bits per heavy atom. The molecule has 1 N–H and O–H groups in total. The highest BCUT2D eigenvalue weighted by Crippen LogP contribution is 2.31. The third-order valence-corrected chi connectivity index (χ3v) is 4.53. The van der Waals surface area contributed by atoms with Crippen LogP contribution in [0.1, 0.15) is 6.92 Å². The lowest BCUT2D eigenvalue weighted by molar-refractivity contribution is 0.314. The van der Waals surface area contributed by atoms with E-state index in [9.17, 15) is 0 Å². The summed E-state index contributed by atoms with van der Waals surface area (Å²) in [6.45, 7) is 2.45. The summed E-state index contributed by atoms with van der Waals surface area (Å²) < 4.78 is 9.03. The Balaban J connectivity index is 1.64. The zero-order valence-electron chi connectivity index (χ0n) is 14.9. The maximum atomic E-state index is 5.38. The second-order valence-corrected chi connectivity index (χ2v) is 6.26. The summed E-state index contributed by atoms with van der Waals surface area (Å²) in [5, 5.41) is 9.66. The van der Waals surface area contributed by atoms with Gasteiger partial charge in [0.2, 0.25) is 0 Å². The number of hydrogen-bond donors (Lipinski definition) is 1. The Morgan fingerprint density at radius 3 is 2.85 bits per heavy atom. The lowest BCUT2D eigenvalue weighted by Crippen LogP contribution is -1.96. The second kappa shape index (κ2) is 5.94. The van der Waals surface area contributed by atoms with Crippen molar-refractivity contribution in [2.24, 2.45) is 7.05 Å². The number of H-pyrrole nitrogens is 1. The van der Waals surface area contributed by atoms with Crippen molar-refractivity contribution in [3.8, 4) is 28.3 Å². The Hall–Kier alpha value is -3.68.